The number of aryl methyl sites for hydroxylation is 1. The highest BCUT2D eigenvalue weighted by atomic mass is 19.1. The minimum atomic E-state index is -1.04. The van der Waals surface area contributed by atoms with Crippen molar-refractivity contribution in [3.63, 3.8) is 0 Å². The van der Waals surface area contributed by atoms with E-state index in [2.05, 4.69) is 15.3 Å². The third-order valence-corrected chi connectivity index (χ3v) is 5.31. The maximum atomic E-state index is 14.8. The van der Waals surface area contributed by atoms with Crippen LogP contribution in [0, 0.1) is 11.6 Å². The van der Waals surface area contributed by atoms with Crippen LogP contribution in [0.15, 0.2) is 65.6 Å². The molecule has 2 aromatic carbocycles. The quantitative estimate of drug-likeness (QED) is 0.374. The number of hydrogen-bond acceptors (Lipinski definition) is 8. The molecule has 0 fully saturated rings. The number of fused-ring (bicyclic) bond motifs is 1. The van der Waals surface area contributed by atoms with Crippen molar-refractivity contribution < 1.29 is 23.5 Å². The molecule has 0 bridgehead atoms. The summed E-state index contributed by atoms with van der Waals surface area (Å²) in [5, 5.41) is 13.6. The zero-order valence-electron chi connectivity index (χ0n) is 19.7. The van der Waals surface area contributed by atoms with Crippen LogP contribution in [0.2, 0.25) is 0 Å². The summed E-state index contributed by atoms with van der Waals surface area (Å²) >= 11 is 0. The van der Waals surface area contributed by atoms with Gasteiger partial charge in [0.1, 0.15) is 22.8 Å². The van der Waals surface area contributed by atoms with E-state index in [1.165, 1.54) is 36.0 Å². The minimum Gasteiger partial charge on any atom is -0.394 e. The molecule has 0 spiro atoms. The molecule has 0 atom stereocenters. The summed E-state index contributed by atoms with van der Waals surface area (Å²) in [4.78, 5) is 40.2. The predicted molar refractivity (Wildman–Crippen MR) is 130 cm³/mol. The molecule has 0 saturated heterocycles. The number of nitrogens with one attached hydrogen (secondary N) is 1. The molecule has 4 rings (SSSR count). The Labute approximate surface area is 204 Å². The fourth-order valence-electron chi connectivity index (χ4n) is 3.36. The fraction of sp³-hybridized carbons (Fsp3) is 0.200. The number of aliphatic hydroxyl groups excluding tert-OH is 1. The second kappa shape index (κ2) is 9.70. The molecule has 0 amide bonds. The Kier molecular flexibility index (Phi) is 6.67. The minimum absolute atomic E-state index is 0.160. The molecule has 0 unspecified atom stereocenters. The number of benzene rings is 2. The van der Waals surface area contributed by atoms with Crippen molar-refractivity contribution in [3.8, 4) is 0 Å². The number of aliphatic hydroxyl groups is 1. The lowest BCUT2D eigenvalue weighted by molar-refractivity contribution is 0.0501. The smallest absolute Gasteiger partial charge is 0.363 e. The third-order valence-electron chi connectivity index (χ3n) is 5.31. The van der Waals surface area contributed by atoms with Crippen molar-refractivity contribution in [1.82, 2.24) is 14.5 Å². The zero-order chi connectivity index (χ0) is 26.0. The Morgan fingerprint density at radius 3 is 2.53 bits per heavy atom. The first-order valence-electron chi connectivity index (χ1n) is 10.9. The van der Waals surface area contributed by atoms with E-state index in [4.69, 9.17) is 4.84 Å². The van der Waals surface area contributed by atoms with Gasteiger partial charge in [0.2, 0.25) is 5.95 Å². The van der Waals surface area contributed by atoms with Crippen molar-refractivity contribution in [2.75, 3.05) is 17.0 Å². The van der Waals surface area contributed by atoms with Gasteiger partial charge in [-0.15, -0.1) is 0 Å². The second-order valence-corrected chi connectivity index (χ2v) is 8.67. The number of carbonyl (C=O) groups is 1. The van der Waals surface area contributed by atoms with Gasteiger partial charge in [0, 0.05) is 24.7 Å². The van der Waals surface area contributed by atoms with E-state index >= 15 is 0 Å². The van der Waals surface area contributed by atoms with Crippen molar-refractivity contribution in [2.45, 2.75) is 19.4 Å². The number of anilines is 3. The van der Waals surface area contributed by atoms with Crippen molar-refractivity contribution >= 4 is 34.3 Å². The molecule has 0 aliphatic heterocycles. The predicted octanol–water partition coefficient (Wildman–Crippen LogP) is 3.70. The van der Waals surface area contributed by atoms with E-state index in [1.807, 2.05) is 0 Å². The van der Waals surface area contributed by atoms with E-state index in [-0.39, 0.29) is 35.1 Å². The number of pyridine rings is 1. The van der Waals surface area contributed by atoms with Gasteiger partial charge in [-0.3, -0.25) is 9.36 Å². The van der Waals surface area contributed by atoms with Crippen LogP contribution in [-0.4, -0.2) is 37.8 Å². The summed E-state index contributed by atoms with van der Waals surface area (Å²) < 4.78 is 29.6. The molecular formula is C25H23F2N5O4. The topological polar surface area (TPSA) is 110 Å². The number of nitrogens with zero attached hydrogens (tertiary/aromatic N) is 4. The van der Waals surface area contributed by atoms with Gasteiger partial charge in [0.05, 0.1) is 17.7 Å². The van der Waals surface area contributed by atoms with Gasteiger partial charge in [-0.25, -0.2) is 18.6 Å². The van der Waals surface area contributed by atoms with E-state index in [0.717, 1.165) is 17.2 Å². The average molecular weight is 495 g/mol. The number of rotatable bonds is 7. The molecule has 36 heavy (non-hydrogen) atoms. The van der Waals surface area contributed by atoms with Gasteiger partial charge < -0.3 is 15.3 Å². The maximum absolute atomic E-state index is 14.8. The molecule has 0 aliphatic rings. The molecular weight excluding hydrogens is 472 g/mol. The summed E-state index contributed by atoms with van der Waals surface area (Å²) in [7, 11) is 1.44. The lowest BCUT2D eigenvalue weighted by Gasteiger charge is -2.25. The molecule has 4 aromatic rings. The lowest BCUT2D eigenvalue weighted by Crippen LogP contribution is -2.36. The Hall–Kier alpha value is -4.38. The van der Waals surface area contributed by atoms with E-state index in [1.54, 1.807) is 32.0 Å². The Bertz CT molecular complexity index is 1490. The van der Waals surface area contributed by atoms with Gasteiger partial charge >= 0.3 is 5.97 Å². The number of carbonyl (C=O) groups excluding carboxylic acids is 1. The molecule has 0 radical (unpaired) electrons. The maximum Gasteiger partial charge on any atom is 0.363 e. The number of halogens is 2. The standard InChI is InChI=1S/C25H23F2N5O4/c1-25(2,14-33)30-24-28-13-16-11-20(22(34)31(3)21(16)29-24)32(19-10-9-17(26)12-18(19)27)36-23(35)15-7-5-4-6-8-15/h4-13,33H,14H2,1-3H3,(H,28,29,30). The highest BCUT2D eigenvalue weighted by Gasteiger charge is 2.25. The Balaban J connectivity index is 1.84. The monoisotopic (exact) mass is 495 g/mol. The van der Waals surface area contributed by atoms with Crippen LogP contribution in [-0.2, 0) is 11.9 Å². The number of aromatic nitrogens is 3. The molecule has 2 aromatic heterocycles. The third kappa shape index (κ3) is 5.01. The van der Waals surface area contributed by atoms with Crippen molar-refractivity contribution in [1.29, 1.82) is 0 Å². The SMILES string of the molecule is Cn1c(=O)c(N(OC(=O)c2ccccc2)c2ccc(F)cc2F)cc2cnc(NC(C)(C)CO)nc21. The largest absolute Gasteiger partial charge is 0.394 e. The lowest BCUT2D eigenvalue weighted by atomic mass is 10.1. The summed E-state index contributed by atoms with van der Waals surface area (Å²) in [5.74, 6) is -2.55. The van der Waals surface area contributed by atoms with Crippen LogP contribution in [0.5, 0.6) is 0 Å². The van der Waals surface area contributed by atoms with Crippen LogP contribution in [0.1, 0.15) is 24.2 Å². The molecule has 9 nitrogen and oxygen atoms in total. The normalized spacial score (nSPS) is 11.4. The molecule has 0 aliphatic carbocycles. The van der Waals surface area contributed by atoms with Crippen molar-refractivity contribution in [3.05, 3.63) is 88.3 Å². The van der Waals surface area contributed by atoms with Crippen LogP contribution < -0.4 is 15.9 Å². The van der Waals surface area contributed by atoms with Crippen LogP contribution in [0.25, 0.3) is 11.0 Å². The van der Waals surface area contributed by atoms with Gasteiger partial charge in [-0.1, -0.05) is 18.2 Å². The summed E-state index contributed by atoms with van der Waals surface area (Å²) in [6, 6.07) is 12.0. The van der Waals surface area contributed by atoms with Gasteiger partial charge in [-0.05, 0) is 44.2 Å². The summed E-state index contributed by atoms with van der Waals surface area (Å²) in [6.45, 7) is 3.31. The van der Waals surface area contributed by atoms with Gasteiger partial charge in [0.25, 0.3) is 5.56 Å². The molecule has 0 saturated carbocycles. The van der Waals surface area contributed by atoms with Gasteiger partial charge in [0.15, 0.2) is 5.82 Å². The van der Waals surface area contributed by atoms with Gasteiger partial charge in [-0.2, -0.15) is 10.0 Å². The average Bonchev–Trinajstić information content (AvgIpc) is 2.86. The molecule has 11 heteroatoms. The molecule has 186 valence electrons. The van der Waals surface area contributed by atoms with E-state index < -0.39 is 28.7 Å². The first-order chi connectivity index (χ1) is 17.1. The second-order valence-electron chi connectivity index (χ2n) is 8.67. The highest BCUT2D eigenvalue weighted by molar-refractivity contribution is 5.91. The highest BCUT2D eigenvalue weighted by Crippen LogP contribution is 2.29. The zero-order valence-corrected chi connectivity index (χ0v) is 19.7. The Morgan fingerprint density at radius 2 is 1.86 bits per heavy atom. The van der Waals surface area contributed by atoms with Crippen LogP contribution in [0.3, 0.4) is 0 Å². The van der Waals surface area contributed by atoms with Crippen LogP contribution >= 0.6 is 0 Å². The van der Waals surface area contributed by atoms with Crippen LogP contribution in [0.4, 0.5) is 26.1 Å². The molecule has 2 heterocycles. The van der Waals surface area contributed by atoms with E-state index in [9.17, 15) is 23.5 Å². The fourth-order valence-corrected chi connectivity index (χ4v) is 3.36. The Morgan fingerprint density at radius 1 is 1.14 bits per heavy atom. The summed E-state index contributed by atoms with van der Waals surface area (Å²) in [5.41, 5.74) is -1.55. The number of hydrogen-bond donors (Lipinski definition) is 2. The first-order valence-corrected chi connectivity index (χ1v) is 10.9. The molecule has 2 N–H and O–H groups in total. The summed E-state index contributed by atoms with van der Waals surface area (Å²) in [6.07, 6.45) is 1.43. The first kappa shape index (κ1) is 24.7. The van der Waals surface area contributed by atoms with Crippen molar-refractivity contribution in [2.24, 2.45) is 7.05 Å². The van der Waals surface area contributed by atoms with E-state index in [0.29, 0.717) is 11.5 Å².